The van der Waals surface area contributed by atoms with E-state index in [1.807, 2.05) is 45.9 Å². The highest BCUT2D eigenvalue weighted by Gasteiger charge is 2.11. The molecule has 0 saturated carbocycles. The van der Waals surface area contributed by atoms with Crippen molar-refractivity contribution >= 4 is 17.7 Å². The Morgan fingerprint density at radius 3 is 2.38 bits per heavy atom. The van der Waals surface area contributed by atoms with Gasteiger partial charge in [0.1, 0.15) is 0 Å². The average molecular weight is 343 g/mol. The number of carbonyl (C=O) groups is 1. The van der Waals surface area contributed by atoms with Crippen LogP contribution in [0.3, 0.4) is 0 Å². The molecule has 4 nitrogen and oxygen atoms in total. The average Bonchev–Trinajstić information content (AvgIpc) is 2.57. The Kier molecular flexibility index (Phi) is 6.79. The number of nitrogens with one attached hydrogen (secondary N) is 1. The van der Waals surface area contributed by atoms with E-state index in [0.717, 1.165) is 29.8 Å². The summed E-state index contributed by atoms with van der Waals surface area (Å²) in [5, 5.41) is 3.71. The largest absolute Gasteiger partial charge is 0.353 e. The van der Waals surface area contributed by atoms with E-state index in [0.29, 0.717) is 10.9 Å². The fourth-order valence-corrected chi connectivity index (χ4v) is 3.10. The molecule has 5 heteroatoms. The molecule has 0 aliphatic heterocycles. The second-order valence-electron chi connectivity index (χ2n) is 6.08. The van der Waals surface area contributed by atoms with Gasteiger partial charge in [0.2, 0.25) is 5.91 Å². The first-order valence-corrected chi connectivity index (χ1v) is 9.22. The van der Waals surface area contributed by atoms with Crippen LogP contribution >= 0.6 is 11.8 Å². The third-order valence-electron chi connectivity index (χ3n) is 4.06. The minimum Gasteiger partial charge on any atom is -0.353 e. The standard InChI is InChI=1S/C19H25N3OS/c1-13(10-11-17-8-6-5-7-9-17)20-18(23)12-24-19-21-15(3)14(2)16(4)22-19/h5-9,13H,10-12H2,1-4H3,(H,20,23). The second-order valence-corrected chi connectivity index (χ2v) is 7.03. The van der Waals surface area contributed by atoms with Gasteiger partial charge < -0.3 is 5.32 Å². The molecule has 0 saturated heterocycles. The monoisotopic (exact) mass is 343 g/mol. The van der Waals surface area contributed by atoms with Crippen LogP contribution in [0.1, 0.15) is 35.9 Å². The summed E-state index contributed by atoms with van der Waals surface area (Å²) in [5.74, 6) is 0.373. The van der Waals surface area contributed by atoms with Gasteiger partial charge in [0.25, 0.3) is 0 Å². The van der Waals surface area contributed by atoms with E-state index < -0.39 is 0 Å². The Bertz CT molecular complexity index is 665. The summed E-state index contributed by atoms with van der Waals surface area (Å²) < 4.78 is 0. The van der Waals surface area contributed by atoms with Gasteiger partial charge in [-0.2, -0.15) is 0 Å². The molecule has 2 rings (SSSR count). The zero-order valence-electron chi connectivity index (χ0n) is 14.8. The van der Waals surface area contributed by atoms with Crippen LogP contribution in [0.5, 0.6) is 0 Å². The summed E-state index contributed by atoms with van der Waals surface area (Å²) in [7, 11) is 0. The van der Waals surface area contributed by atoms with Crippen LogP contribution in [-0.2, 0) is 11.2 Å². The molecule has 128 valence electrons. The highest BCUT2D eigenvalue weighted by Crippen LogP contribution is 2.17. The molecule has 2 aromatic rings. The zero-order chi connectivity index (χ0) is 17.5. The predicted molar refractivity (Wildman–Crippen MR) is 99.3 cm³/mol. The molecule has 1 heterocycles. The summed E-state index contributed by atoms with van der Waals surface area (Å²) in [6.07, 6.45) is 1.90. The van der Waals surface area contributed by atoms with Crippen molar-refractivity contribution in [2.24, 2.45) is 0 Å². The van der Waals surface area contributed by atoms with E-state index in [-0.39, 0.29) is 11.9 Å². The van der Waals surface area contributed by atoms with Crippen LogP contribution in [0.2, 0.25) is 0 Å². The van der Waals surface area contributed by atoms with Crippen molar-refractivity contribution < 1.29 is 4.79 Å². The van der Waals surface area contributed by atoms with E-state index in [4.69, 9.17) is 0 Å². The summed E-state index contributed by atoms with van der Waals surface area (Å²) in [6, 6.07) is 10.5. The van der Waals surface area contributed by atoms with Gasteiger partial charge in [-0.25, -0.2) is 9.97 Å². The van der Waals surface area contributed by atoms with Crippen LogP contribution in [0.15, 0.2) is 35.5 Å². The van der Waals surface area contributed by atoms with Crippen molar-refractivity contribution in [3.63, 3.8) is 0 Å². The lowest BCUT2D eigenvalue weighted by Gasteiger charge is -2.14. The van der Waals surface area contributed by atoms with Gasteiger partial charge in [-0.3, -0.25) is 4.79 Å². The summed E-state index contributed by atoms with van der Waals surface area (Å²) in [5.41, 5.74) is 4.36. The highest BCUT2D eigenvalue weighted by molar-refractivity contribution is 7.99. The van der Waals surface area contributed by atoms with Gasteiger partial charge in [0, 0.05) is 17.4 Å². The van der Waals surface area contributed by atoms with Gasteiger partial charge in [-0.05, 0) is 51.7 Å². The molecule has 1 atom stereocenters. The van der Waals surface area contributed by atoms with E-state index in [9.17, 15) is 4.79 Å². The molecular formula is C19H25N3OS. The quantitative estimate of drug-likeness (QED) is 0.616. The fourth-order valence-electron chi connectivity index (χ4n) is 2.35. The Balaban J connectivity index is 1.76. The first-order chi connectivity index (χ1) is 11.5. The lowest BCUT2D eigenvalue weighted by molar-refractivity contribution is -0.119. The maximum Gasteiger partial charge on any atom is 0.230 e. The predicted octanol–water partition coefficient (Wildman–Crippen LogP) is 3.63. The molecule has 0 radical (unpaired) electrons. The molecule has 1 amide bonds. The van der Waals surface area contributed by atoms with Crippen molar-refractivity contribution in [1.82, 2.24) is 15.3 Å². The Morgan fingerprint density at radius 1 is 1.12 bits per heavy atom. The lowest BCUT2D eigenvalue weighted by Crippen LogP contribution is -2.34. The molecule has 1 aromatic carbocycles. The lowest BCUT2D eigenvalue weighted by atomic mass is 10.1. The minimum absolute atomic E-state index is 0.0278. The van der Waals surface area contributed by atoms with Crippen molar-refractivity contribution in [2.75, 3.05) is 5.75 Å². The first kappa shape index (κ1) is 18.5. The highest BCUT2D eigenvalue weighted by atomic mass is 32.2. The number of aromatic nitrogens is 2. The molecule has 0 spiro atoms. The molecule has 0 aliphatic rings. The van der Waals surface area contributed by atoms with Crippen molar-refractivity contribution in [3.8, 4) is 0 Å². The topological polar surface area (TPSA) is 54.9 Å². The van der Waals surface area contributed by atoms with Gasteiger partial charge >= 0.3 is 0 Å². The summed E-state index contributed by atoms with van der Waals surface area (Å²) in [4.78, 5) is 21.0. The summed E-state index contributed by atoms with van der Waals surface area (Å²) in [6.45, 7) is 8.00. The van der Waals surface area contributed by atoms with Crippen LogP contribution in [0.4, 0.5) is 0 Å². The second kappa shape index (κ2) is 8.83. The fraction of sp³-hybridized carbons (Fsp3) is 0.421. The van der Waals surface area contributed by atoms with E-state index >= 15 is 0 Å². The molecule has 24 heavy (non-hydrogen) atoms. The summed E-state index contributed by atoms with van der Waals surface area (Å²) >= 11 is 1.39. The minimum atomic E-state index is 0.0278. The van der Waals surface area contributed by atoms with Crippen LogP contribution in [0, 0.1) is 20.8 Å². The number of thioether (sulfide) groups is 1. The maximum atomic E-state index is 12.1. The van der Waals surface area contributed by atoms with Crippen LogP contribution in [0.25, 0.3) is 0 Å². The number of benzene rings is 1. The number of amides is 1. The Hall–Kier alpha value is -1.88. The molecule has 0 aliphatic carbocycles. The number of hydrogen-bond donors (Lipinski definition) is 1. The smallest absolute Gasteiger partial charge is 0.230 e. The van der Waals surface area contributed by atoms with Gasteiger partial charge in [0.15, 0.2) is 5.16 Å². The zero-order valence-corrected chi connectivity index (χ0v) is 15.6. The van der Waals surface area contributed by atoms with Gasteiger partial charge in [0.05, 0.1) is 5.75 Å². The van der Waals surface area contributed by atoms with Crippen molar-refractivity contribution in [1.29, 1.82) is 0 Å². The molecule has 0 bridgehead atoms. The number of hydrogen-bond acceptors (Lipinski definition) is 4. The first-order valence-electron chi connectivity index (χ1n) is 8.23. The van der Waals surface area contributed by atoms with E-state index in [2.05, 4.69) is 27.4 Å². The van der Waals surface area contributed by atoms with Gasteiger partial charge in [-0.1, -0.05) is 42.1 Å². The Labute approximate surface area is 148 Å². The van der Waals surface area contributed by atoms with Crippen LogP contribution in [-0.4, -0.2) is 27.7 Å². The van der Waals surface area contributed by atoms with E-state index in [1.54, 1.807) is 0 Å². The Morgan fingerprint density at radius 2 is 1.75 bits per heavy atom. The van der Waals surface area contributed by atoms with E-state index in [1.165, 1.54) is 17.3 Å². The van der Waals surface area contributed by atoms with Crippen LogP contribution < -0.4 is 5.32 Å². The number of rotatable bonds is 7. The number of aryl methyl sites for hydroxylation is 3. The van der Waals surface area contributed by atoms with Crippen molar-refractivity contribution in [2.45, 2.75) is 51.7 Å². The maximum absolute atomic E-state index is 12.1. The number of carbonyl (C=O) groups excluding carboxylic acids is 1. The molecule has 1 unspecified atom stereocenters. The third kappa shape index (κ3) is 5.64. The van der Waals surface area contributed by atoms with Crippen molar-refractivity contribution in [3.05, 3.63) is 52.8 Å². The molecule has 1 N–H and O–H groups in total. The molecule has 1 aromatic heterocycles. The normalized spacial score (nSPS) is 12.0. The molecule has 0 fully saturated rings. The third-order valence-corrected chi connectivity index (χ3v) is 4.91. The SMILES string of the molecule is Cc1nc(SCC(=O)NC(C)CCc2ccccc2)nc(C)c1C. The number of nitrogens with zero attached hydrogens (tertiary/aromatic N) is 2. The molecular weight excluding hydrogens is 318 g/mol. The van der Waals surface area contributed by atoms with Gasteiger partial charge in [-0.15, -0.1) is 0 Å².